The Balaban J connectivity index is 2.28. The molecule has 2 N–H and O–H groups in total. The van der Waals surface area contributed by atoms with Crippen LogP contribution in [0.3, 0.4) is 0 Å². The molecule has 0 atom stereocenters. The number of benzene rings is 2. The molecule has 0 aromatic heterocycles. The SMILES string of the molecule is Nc1cc(Oc2ccc(C(F)(F)F)cc2F)ccc1[N+](=O)[O-]. The van der Waals surface area contributed by atoms with Gasteiger partial charge in [-0.1, -0.05) is 0 Å². The molecule has 0 radical (unpaired) electrons. The summed E-state index contributed by atoms with van der Waals surface area (Å²) in [6.45, 7) is 0. The summed E-state index contributed by atoms with van der Waals surface area (Å²) in [5.74, 6) is -1.71. The maximum absolute atomic E-state index is 13.6. The van der Waals surface area contributed by atoms with Crippen LogP contribution in [0.2, 0.25) is 0 Å². The lowest BCUT2D eigenvalue weighted by molar-refractivity contribution is -0.383. The average Bonchev–Trinajstić information content (AvgIpc) is 2.39. The molecule has 0 saturated carbocycles. The minimum absolute atomic E-state index is 0.0400. The third-order valence-corrected chi connectivity index (χ3v) is 2.68. The van der Waals surface area contributed by atoms with Crippen molar-refractivity contribution in [3.63, 3.8) is 0 Å². The van der Waals surface area contributed by atoms with Crippen molar-refractivity contribution >= 4 is 11.4 Å². The molecule has 0 saturated heterocycles. The molecule has 0 aliphatic heterocycles. The first-order valence-corrected chi connectivity index (χ1v) is 5.77. The van der Waals surface area contributed by atoms with Crippen LogP contribution in [0.25, 0.3) is 0 Å². The second-order valence-electron chi connectivity index (χ2n) is 4.22. The van der Waals surface area contributed by atoms with E-state index in [1.54, 1.807) is 0 Å². The fraction of sp³-hybridized carbons (Fsp3) is 0.0769. The highest BCUT2D eigenvalue weighted by atomic mass is 19.4. The van der Waals surface area contributed by atoms with Crippen molar-refractivity contribution in [1.82, 2.24) is 0 Å². The summed E-state index contributed by atoms with van der Waals surface area (Å²) < 4.78 is 55.9. The summed E-state index contributed by atoms with van der Waals surface area (Å²) in [5, 5.41) is 10.6. The van der Waals surface area contributed by atoms with Gasteiger partial charge in [0.2, 0.25) is 0 Å². The van der Waals surface area contributed by atoms with E-state index in [1.807, 2.05) is 0 Å². The normalized spacial score (nSPS) is 11.3. The van der Waals surface area contributed by atoms with Crippen molar-refractivity contribution in [2.45, 2.75) is 6.18 Å². The van der Waals surface area contributed by atoms with Gasteiger partial charge in [0.1, 0.15) is 11.4 Å². The van der Waals surface area contributed by atoms with Gasteiger partial charge < -0.3 is 10.5 Å². The van der Waals surface area contributed by atoms with Crippen LogP contribution in [0.4, 0.5) is 28.9 Å². The number of nitro groups is 1. The number of nitrogen functional groups attached to an aromatic ring is 1. The summed E-state index contributed by atoms with van der Waals surface area (Å²) >= 11 is 0. The van der Waals surface area contributed by atoms with Crippen molar-refractivity contribution in [3.05, 3.63) is 57.9 Å². The largest absolute Gasteiger partial charge is 0.454 e. The maximum Gasteiger partial charge on any atom is 0.416 e. The van der Waals surface area contributed by atoms with Crippen molar-refractivity contribution in [2.24, 2.45) is 0 Å². The summed E-state index contributed by atoms with van der Waals surface area (Å²) in [6.07, 6.45) is -4.67. The zero-order valence-corrected chi connectivity index (χ0v) is 10.7. The highest BCUT2D eigenvalue weighted by Gasteiger charge is 2.31. The van der Waals surface area contributed by atoms with E-state index < -0.39 is 28.2 Å². The van der Waals surface area contributed by atoms with Gasteiger partial charge in [0.25, 0.3) is 5.69 Å². The van der Waals surface area contributed by atoms with E-state index in [4.69, 9.17) is 10.5 Å². The molecule has 0 spiro atoms. The van der Waals surface area contributed by atoms with E-state index in [1.165, 1.54) is 0 Å². The first-order valence-electron chi connectivity index (χ1n) is 5.77. The Hall–Kier alpha value is -2.84. The van der Waals surface area contributed by atoms with E-state index in [0.717, 1.165) is 24.3 Å². The number of hydrogen-bond acceptors (Lipinski definition) is 4. The fourth-order valence-corrected chi connectivity index (χ4v) is 1.65. The number of halogens is 4. The Morgan fingerprint density at radius 1 is 1.14 bits per heavy atom. The van der Waals surface area contributed by atoms with Gasteiger partial charge >= 0.3 is 6.18 Å². The molecular weight excluding hydrogens is 308 g/mol. The van der Waals surface area contributed by atoms with E-state index in [2.05, 4.69) is 0 Å². The molecule has 0 aliphatic rings. The molecule has 2 aromatic carbocycles. The minimum Gasteiger partial charge on any atom is -0.454 e. The number of ether oxygens (including phenoxy) is 1. The Morgan fingerprint density at radius 3 is 2.32 bits per heavy atom. The van der Waals surface area contributed by atoms with Crippen LogP contribution in [-0.2, 0) is 6.18 Å². The van der Waals surface area contributed by atoms with Gasteiger partial charge in [-0.3, -0.25) is 10.1 Å². The number of alkyl halides is 3. The lowest BCUT2D eigenvalue weighted by Gasteiger charge is -2.10. The fourth-order valence-electron chi connectivity index (χ4n) is 1.65. The second-order valence-corrected chi connectivity index (χ2v) is 4.22. The second kappa shape index (κ2) is 5.51. The lowest BCUT2D eigenvalue weighted by atomic mass is 10.2. The predicted molar refractivity (Wildman–Crippen MR) is 69.0 cm³/mol. The third kappa shape index (κ3) is 3.25. The van der Waals surface area contributed by atoms with Crippen LogP contribution in [-0.4, -0.2) is 4.92 Å². The van der Waals surface area contributed by atoms with Crippen molar-refractivity contribution in [2.75, 3.05) is 5.73 Å². The van der Waals surface area contributed by atoms with E-state index >= 15 is 0 Å². The van der Waals surface area contributed by atoms with Gasteiger partial charge in [0, 0.05) is 12.1 Å². The van der Waals surface area contributed by atoms with E-state index in [9.17, 15) is 27.7 Å². The van der Waals surface area contributed by atoms with Crippen LogP contribution in [0.1, 0.15) is 5.56 Å². The first kappa shape index (κ1) is 15.5. The molecule has 0 amide bonds. The third-order valence-electron chi connectivity index (χ3n) is 2.68. The van der Waals surface area contributed by atoms with Crippen LogP contribution in [0, 0.1) is 15.9 Å². The molecule has 2 rings (SSSR count). The lowest BCUT2D eigenvalue weighted by Crippen LogP contribution is -2.05. The zero-order chi connectivity index (χ0) is 16.5. The molecule has 0 bridgehead atoms. The summed E-state index contributed by atoms with van der Waals surface area (Å²) in [6, 6.07) is 5.06. The van der Waals surface area contributed by atoms with Crippen molar-refractivity contribution in [3.8, 4) is 11.5 Å². The molecule has 5 nitrogen and oxygen atoms in total. The number of rotatable bonds is 3. The number of nitrogens with two attached hydrogens (primary N) is 1. The Kier molecular flexibility index (Phi) is 3.89. The highest BCUT2D eigenvalue weighted by molar-refractivity contribution is 5.61. The molecule has 9 heteroatoms. The maximum atomic E-state index is 13.6. The Morgan fingerprint density at radius 2 is 1.82 bits per heavy atom. The Labute approximate surface area is 121 Å². The van der Waals surface area contributed by atoms with Gasteiger partial charge in [-0.25, -0.2) is 4.39 Å². The Bertz CT molecular complexity index is 732. The standard InChI is InChI=1S/C13H8F4N2O3/c14-9-5-7(13(15,16)17)1-4-12(9)22-8-2-3-11(19(20)21)10(18)6-8/h1-6H,18H2. The number of hydrogen-bond donors (Lipinski definition) is 1. The van der Waals surface area contributed by atoms with Crippen LogP contribution < -0.4 is 10.5 Å². The number of anilines is 1. The van der Waals surface area contributed by atoms with Gasteiger partial charge in [0.05, 0.1) is 10.5 Å². The van der Waals surface area contributed by atoms with Crippen molar-refractivity contribution in [1.29, 1.82) is 0 Å². The predicted octanol–water partition coefficient (Wildman–Crippen LogP) is 4.13. The van der Waals surface area contributed by atoms with Gasteiger partial charge in [-0.05, 0) is 24.3 Å². The molecule has 0 aliphatic carbocycles. The highest BCUT2D eigenvalue weighted by Crippen LogP contribution is 2.34. The quantitative estimate of drug-likeness (QED) is 0.400. The molecular formula is C13H8F4N2O3. The zero-order valence-electron chi connectivity index (χ0n) is 10.7. The van der Waals surface area contributed by atoms with Gasteiger partial charge in [0.15, 0.2) is 11.6 Å². The summed E-state index contributed by atoms with van der Waals surface area (Å²) in [4.78, 5) is 9.88. The topological polar surface area (TPSA) is 78.4 Å². The summed E-state index contributed by atoms with van der Waals surface area (Å²) in [7, 11) is 0. The summed E-state index contributed by atoms with van der Waals surface area (Å²) in [5.41, 5.74) is 3.70. The smallest absolute Gasteiger partial charge is 0.416 e. The number of nitrogens with zero attached hydrogens (tertiary/aromatic N) is 1. The first-order chi connectivity index (χ1) is 10.2. The average molecular weight is 316 g/mol. The van der Waals surface area contributed by atoms with Crippen molar-refractivity contribution < 1.29 is 27.2 Å². The monoisotopic (exact) mass is 316 g/mol. The molecule has 2 aromatic rings. The van der Waals surface area contributed by atoms with Crippen LogP contribution >= 0.6 is 0 Å². The van der Waals surface area contributed by atoms with Gasteiger partial charge in [-0.15, -0.1) is 0 Å². The molecule has 0 fully saturated rings. The minimum atomic E-state index is -4.67. The van der Waals surface area contributed by atoms with Gasteiger partial charge in [-0.2, -0.15) is 13.2 Å². The molecule has 0 heterocycles. The van der Waals surface area contributed by atoms with Crippen LogP contribution in [0.5, 0.6) is 11.5 Å². The van der Waals surface area contributed by atoms with Crippen LogP contribution in [0.15, 0.2) is 36.4 Å². The molecule has 22 heavy (non-hydrogen) atoms. The van der Waals surface area contributed by atoms with E-state index in [-0.39, 0.29) is 17.1 Å². The van der Waals surface area contributed by atoms with E-state index in [0.29, 0.717) is 12.1 Å². The molecule has 0 unspecified atom stereocenters. The molecule has 116 valence electrons. The number of nitro benzene ring substituents is 1.